The summed E-state index contributed by atoms with van der Waals surface area (Å²) in [5, 5.41) is 28.3. The molecule has 1 aliphatic rings. The third-order valence-corrected chi connectivity index (χ3v) is 5.66. The van der Waals surface area contributed by atoms with Crippen LogP contribution in [0.25, 0.3) is 0 Å². The molecule has 1 aliphatic heterocycles. The maximum absolute atomic E-state index is 13.6. The molecule has 0 fully saturated rings. The van der Waals surface area contributed by atoms with Gasteiger partial charge in [0.2, 0.25) is 5.95 Å². The summed E-state index contributed by atoms with van der Waals surface area (Å²) in [6, 6.07) is 9.95. The number of anilines is 2. The number of phenols is 1. The average Bonchev–Trinajstić information content (AvgIpc) is 3.25. The number of tetrazole rings is 1. The van der Waals surface area contributed by atoms with Crippen molar-refractivity contribution < 1.29 is 19.4 Å². The first-order valence-corrected chi connectivity index (χ1v) is 11.2. The summed E-state index contributed by atoms with van der Waals surface area (Å²) in [5.41, 5.74) is 2.20. The Morgan fingerprint density at radius 2 is 1.94 bits per heavy atom. The largest absolute Gasteiger partial charge is 0.503 e. The second kappa shape index (κ2) is 9.49. The molecule has 4 rings (SSSR count). The van der Waals surface area contributed by atoms with Gasteiger partial charge in [-0.15, -0.1) is 0 Å². The number of benzene rings is 2. The zero-order valence-corrected chi connectivity index (χ0v) is 19.9. The molecule has 0 aliphatic carbocycles. The fraction of sp³-hybridized carbons (Fsp3) is 0.273. The van der Waals surface area contributed by atoms with Gasteiger partial charge < -0.3 is 25.2 Å². The summed E-state index contributed by atoms with van der Waals surface area (Å²) in [5.74, 6) is 0.880. The summed E-state index contributed by atoms with van der Waals surface area (Å²) in [6.45, 7) is 6.32. The molecule has 2 aromatic carbocycles. The van der Waals surface area contributed by atoms with E-state index in [9.17, 15) is 9.90 Å². The molecule has 11 heteroatoms. The number of amides is 1. The van der Waals surface area contributed by atoms with Crippen molar-refractivity contribution in [1.29, 1.82) is 0 Å². The van der Waals surface area contributed by atoms with E-state index in [4.69, 9.17) is 9.47 Å². The van der Waals surface area contributed by atoms with Gasteiger partial charge in [0.15, 0.2) is 11.5 Å². The number of allylic oxidation sites excluding steroid dienone is 1. The Balaban J connectivity index is 1.79. The number of nitrogens with zero attached hydrogens (tertiary/aromatic N) is 4. The molecule has 0 bridgehead atoms. The van der Waals surface area contributed by atoms with Crippen LogP contribution in [-0.4, -0.2) is 44.4 Å². The molecule has 1 unspecified atom stereocenters. The van der Waals surface area contributed by atoms with E-state index >= 15 is 0 Å². The van der Waals surface area contributed by atoms with Crippen molar-refractivity contribution in [3.8, 4) is 17.2 Å². The van der Waals surface area contributed by atoms with Gasteiger partial charge in [-0.05, 0) is 77.0 Å². The number of para-hydroxylation sites is 2. The second-order valence-electron chi connectivity index (χ2n) is 7.18. The molecule has 1 atom stereocenters. The predicted molar refractivity (Wildman–Crippen MR) is 125 cm³/mol. The quantitative estimate of drug-likeness (QED) is 0.434. The van der Waals surface area contributed by atoms with Crippen LogP contribution in [0.3, 0.4) is 0 Å². The summed E-state index contributed by atoms with van der Waals surface area (Å²) in [4.78, 5) is 13.6. The maximum Gasteiger partial charge on any atom is 0.255 e. The van der Waals surface area contributed by atoms with E-state index < -0.39 is 6.04 Å². The fourth-order valence-electron chi connectivity index (χ4n) is 3.67. The van der Waals surface area contributed by atoms with E-state index in [1.807, 2.05) is 26.0 Å². The zero-order chi connectivity index (χ0) is 23.5. The van der Waals surface area contributed by atoms with Crippen molar-refractivity contribution in [2.75, 3.05) is 23.8 Å². The minimum absolute atomic E-state index is 0.0242. The lowest BCUT2D eigenvalue weighted by atomic mass is 9.94. The fourth-order valence-corrected chi connectivity index (χ4v) is 4.13. The molecule has 3 N–H and O–H groups in total. The predicted octanol–water partition coefficient (Wildman–Crippen LogP) is 3.87. The van der Waals surface area contributed by atoms with Gasteiger partial charge in [-0.25, -0.2) is 0 Å². The van der Waals surface area contributed by atoms with Crippen LogP contribution in [-0.2, 0) is 4.79 Å². The molecule has 0 radical (unpaired) electrons. The number of carbonyl (C=O) groups excluding carboxylic acids is 1. The smallest absolute Gasteiger partial charge is 0.255 e. The Labute approximate surface area is 198 Å². The monoisotopic (exact) mass is 514 g/mol. The first-order chi connectivity index (χ1) is 15.9. The normalized spacial score (nSPS) is 15.0. The molecule has 33 heavy (non-hydrogen) atoms. The average molecular weight is 515 g/mol. The van der Waals surface area contributed by atoms with Crippen LogP contribution >= 0.6 is 15.9 Å². The summed E-state index contributed by atoms with van der Waals surface area (Å²) in [6.07, 6.45) is 0. The summed E-state index contributed by atoms with van der Waals surface area (Å²) >= 11 is 3.38. The molecular formula is C22H23BrN6O4. The van der Waals surface area contributed by atoms with Gasteiger partial charge in [-0.1, -0.05) is 17.2 Å². The van der Waals surface area contributed by atoms with Gasteiger partial charge in [0.05, 0.1) is 28.9 Å². The minimum atomic E-state index is -0.674. The van der Waals surface area contributed by atoms with Crippen molar-refractivity contribution in [3.63, 3.8) is 0 Å². The van der Waals surface area contributed by atoms with Crippen molar-refractivity contribution in [1.82, 2.24) is 20.2 Å². The van der Waals surface area contributed by atoms with Gasteiger partial charge in [-0.2, -0.15) is 4.68 Å². The van der Waals surface area contributed by atoms with E-state index in [2.05, 4.69) is 42.1 Å². The van der Waals surface area contributed by atoms with Gasteiger partial charge in [0.25, 0.3) is 5.91 Å². The number of aromatic hydroxyl groups is 1. The third kappa shape index (κ3) is 4.36. The van der Waals surface area contributed by atoms with Crippen molar-refractivity contribution >= 4 is 33.5 Å². The number of fused-ring (bicyclic) bond motifs is 1. The van der Waals surface area contributed by atoms with Gasteiger partial charge in [-0.3, -0.25) is 4.79 Å². The molecule has 172 valence electrons. The number of nitrogens with one attached hydrogen (secondary N) is 2. The maximum atomic E-state index is 13.6. The lowest BCUT2D eigenvalue weighted by molar-refractivity contribution is -0.113. The van der Waals surface area contributed by atoms with Crippen LogP contribution in [0.1, 0.15) is 32.4 Å². The Bertz CT molecular complexity index is 1230. The minimum Gasteiger partial charge on any atom is -0.503 e. The molecule has 3 aromatic rings. The van der Waals surface area contributed by atoms with Gasteiger partial charge >= 0.3 is 0 Å². The highest BCUT2D eigenvalue weighted by atomic mass is 79.9. The van der Waals surface area contributed by atoms with E-state index in [1.54, 1.807) is 31.2 Å². The second-order valence-corrected chi connectivity index (χ2v) is 8.03. The summed E-state index contributed by atoms with van der Waals surface area (Å²) < 4.78 is 13.2. The first kappa shape index (κ1) is 22.6. The van der Waals surface area contributed by atoms with Crippen LogP contribution in [0.2, 0.25) is 0 Å². The van der Waals surface area contributed by atoms with Crippen LogP contribution in [0.4, 0.5) is 11.6 Å². The van der Waals surface area contributed by atoms with Crippen LogP contribution in [0, 0.1) is 0 Å². The number of hydrogen-bond acceptors (Lipinski definition) is 8. The number of carbonyl (C=O) groups is 1. The van der Waals surface area contributed by atoms with Crippen molar-refractivity contribution in [2.24, 2.45) is 0 Å². The molecule has 1 aromatic heterocycles. The van der Waals surface area contributed by atoms with Crippen molar-refractivity contribution in [3.05, 3.63) is 57.7 Å². The Hall–Kier alpha value is -3.60. The molecular weight excluding hydrogens is 492 g/mol. The van der Waals surface area contributed by atoms with E-state index in [-0.39, 0.29) is 17.4 Å². The highest BCUT2D eigenvalue weighted by Crippen LogP contribution is 2.42. The van der Waals surface area contributed by atoms with Gasteiger partial charge in [0.1, 0.15) is 11.8 Å². The van der Waals surface area contributed by atoms with E-state index in [0.29, 0.717) is 51.9 Å². The SMILES string of the molecule is CCOc1ccccc1NC(=O)C1=C(C)Nc2nnnn2C1c1cc(Br)c(O)c(OCC)c1. The van der Waals surface area contributed by atoms with E-state index in [0.717, 1.165) is 0 Å². The third-order valence-electron chi connectivity index (χ3n) is 5.06. The number of hydrogen-bond donors (Lipinski definition) is 3. The van der Waals surface area contributed by atoms with Crippen LogP contribution in [0.15, 0.2) is 52.1 Å². The summed E-state index contributed by atoms with van der Waals surface area (Å²) in [7, 11) is 0. The number of aromatic nitrogens is 4. The van der Waals surface area contributed by atoms with Crippen LogP contribution < -0.4 is 20.1 Å². The van der Waals surface area contributed by atoms with Crippen molar-refractivity contribution in [2.45, 2.75) is 26.8 Å². The number of rotatable bonds is 7. The number of phenolic OH excluding ortho intramolecular Hbond substituents is 1. The number of halogens is 1. The Kier molecular flexibility index (Phi) is 6.50. The highest BCUT2D eigenvalue weighted by molar-refractivity contribution is 9.10. The molecule has 1 amide bonds. The lowest BCUT2D eigenvalue weighted by Crippen LogP contribution is -2.31. The van der Waals surface area contributed by atoms with Crippen LogP contribution in [0.5, 0.6) is 17.2 Å². The number of ether oxygens (including phenoxy) is 2. The highest BCUT2D eigenvalue weighted by Gasteiger charge is 2.35. The van der Waals surface area contributed by atoms with E-state index in [1.165, 1.54) is 4.68 Å². The van der Waals surface area contributed by atoms with Gasteiger partial charge in [0, 0.05) is 5.70 Å². The Morgan fingerprint density at radius 3 is 2.70 bits per heavy atom. The molecule has 10 nitrogen and oxygen atoms in total. The molecule has 0 spiro atoms. The first-order valence-electron chi connectivity index (χ1n) is 10.4. The zero-order valence-electron chi connectivity index (χ0n) is 18.3. The Morgan fingerprint density at radius 1 is 1.21 bits per heavy atom. The topological polar surface area (TPSA) is 123 Å². The lowest BCUT2D eigenvalue weighted by Gasteiger charge is -2.28. The standard InChI is InChI=1S/C22H23BrN6O4/c1-4-32-16-9-7-6-8-15(16)25-21(31)18-12(3)24-22-26-27-28-29(22)19(18)13-10-14(23)20(30)17(11-13)33-5-2/h6-11,19,30H,4-5H2,1-3H3,(H,25,31)(H,24,26,28). The molecule has 0 saturated carbocycles. The molecule has 2 heterocycles. The molecule has 0 saturated heterocycles.